The van der Waals surface area contributed by atoms with Gasteiger partial charge < -0.3 is 24.7 Å². The van der Waals surface area contributed by atoms with Gasteiger partial charge in [-0.05, 0) is 68.0 Å². The summed E-state index contributed by atoms with van der Waals surface area (Å²) in [6, 6.07) is 9.01. The van der Waals surface area contributed by atoms with Crippen LogP contribution in [0.25, 0.3) is 21.6 Å². The highest BCUT2D eigenvalue weighted by atomic mass is 32.2. The van der Waals surface area contributed by atoms with Gasteiger partial charge in [0, 0.05) is 25.4 Å². The Morgan fingerprint density at radius 3 is 2.39 bits per heavy atom. The molecule has 2 aliphatic heterocycles. The van der Waals surface area contributed by atoms with Gasteiger partial charge in [-0.25, -0.2) is 23.2 Å². The predicted molar refractivity (Wildman–Crippen MR) is 200 cm³/mol. The van der Waals surface area contributed by atoms with Crippen LogP contribution in [0.5, 0.6) is 5.88 Å². The van der Waals surface area contributed by atoms with E-state index in [1.165, 1.54) is 22.3 Å². The van der Waals surface area contributed by atoms with Gasteiger partial charge in [-0.3, -0.25) is 19.1 Å². The molecule has 288 valence electrons. The fourth-order valence-corrected chi connectivity index (χ4v) is 9.17. The molecule has 4 fully saturated rings. The van der Waals surface area contributed by atoms with Crippen molar-refractivity contribution in [2.45, 2.75) is 87.8 Å². The average molecular weight is 780 g/mol. The predicted octanol–water partition coefficient (Wildman–Crippen LogP) is 3.53. The van der Waals surface area contributed by atoms with Crippen LogP contribution in [-0.4, -0.2) is 101 Å². The first-order valence-corrected chi connectivity index (χ1v) is 20.8. The van der Waals surface area contributed by atoms with E-state index >= 15 is 0 Å². The lowest BCUT2D eigenvalue weighted by Gasteiger charge is -2.31. The lowest BCUT2D eigenvalue weighted by atomic mass is 10.0. The van der Waals surface area contributed by atoms with Crippen molar-refractivity contribution in [2.75, 3.05) is 19.6 Å². The van der Waals surface area contributed by atoms with Crippen LogP contribution < -0.4 is 20.3 Å². The molecule has 0 bridgehead atoms. The zero-order valence-electron chi connectivity index (χ0n) is 30.2. The molecule has 2 saturated carbocycles. The summed E-state index contributed by atoms with van der Waals surface area (Å²) in [6.45, 7) is 8.44. The van der Waals surface area contributed by atoms with Crippen molar-refractivity contribution in [1.82, 2.24) is 35.3 Å². The molecule has 0 spiro atoms. The maximum atomic E-state index is 14.4. The molecular weight excluding hydrogens is 735 g/mol. The standard InChI is InChI=1S/C37H45N7O8S2/c1-4-23-20-37(23,35(47)42-54(49,50)25-14-15-25)40-32(45)28-19-24(51-33-31(29-13-10-18-53-29)38-26-11-6-7-12-27(26)39-33)21-44(28)34(46)30(22(2)3)41-52-36(48)43-16-8-5-9-17-43/h4,6-7,10-13,18,22-25,28,30,41H,1,5,8-9,14-17,19-21H2,2-3H3,(H,40,45)(H,42,47)/t23-,24-,28+,30?,37?/m1/s1. The van der Waals surface area contributed by atoms with Gasteiger partial charge in [0.15, 0.2) is 0 Å². The number of ether oxygens (including phenoxy) is 1. The molecule has 17 heteroatoms. The fraction of sp³-hybridized carbons (Fsp3) is 0.514. The molecule has 2 aliphatic carbocycles. The average Bonchev–Trinajstić information content (AvgIpc) is 4.03. The lowest BCUT2D eigenvalue weighted by molar-refractivity contribution is -0.144. The van der Waals surface area contributed by atoms with Gasteiger partial charge in [0.25, 0.3) is 5.91 Å². The zero-order chi connectivity index (χ0) is 38.2. The highest BCUT2D eigenvalue weighted by Gasteiger charge is 2.62. The molecule has 3 aromatic rings. The van der Waals surface area contributed by atoms with Crippen molar-refractivity contribution in [3.63, 3.8) is 0 Å². The van der Waals surface area contributed by atoms with Crippen molar-refractivity contribution in [3.8, 4) is 16.5 Å². The minimum absolute atomic E-state index is 0.0190. The number of hydrogen-bond donors (Lipinski definition) is 3. The first-order chi connectivity index (χ1) is 25.9. The molecule has 2 aromatic heterocycles. The number of benzene rings is 1. The number of piperidine rings is 1. The second kappa shape index (κ2) is 15.3. The number of aromatic nitrogens is 2. The van der Waals surface area contributed by atoms with Gasteiger partial charge in [-0.1, -0.05) is 38.1 Å². The van der Waals surface area contributed by atoms with E-state index in [1.54, 1.807) is 18.7 Å². The smallest absolute Gasteiger partial charge is 0.428 e. The molecule has 7 rings (SSSR count). The SMILES string of the molecule is C=C[C@@H]1CC1(NC(=O)[C@@H]1C[C@@H](Oc2nc3ccccc3nc2-c2cccs2)CN1C(=O)C(NOC(=O)N1CCCCC1)C(C)C)C(=O)NS(=O)(=O)C1CC1. The number of nitrogens with zero attached hydrogens (tertiary/aromatic N) is 4. The molecule has 0 radical (unpaired) electrons. The molecule has 54 heavy (non-hydrogen) atoms. The third-order valence-electron chi connectivity index (χ3n) is 10.5. The Morgan fingerprint density at radius 1 is 1.04 bits per heavy atom. The van der Waals surface area contributed by atoms with E-state index < -0.39 is 68.7 Å². The van der Waals surface area contributed by atoms with Crippen LogP contribution in [-0.2, 0) is 29.2 Å². The minimum atomic E-state index is -3.90. The molecule has 2 unspecified atom stereocenters. The number of hydroxylamine groups is 1. The maximum Gasteiger partial charge on any atom is 0.428 e. The van der Waals surface area contributed by atoms with Gasteiger partial charge in [-0.15, -0.1) is 23.4 Å². The Kier molecular flexibility index (Phi) is 10.7. The van der Waals surface area contributed by atoms with Crippen LogP contribution in [0, 0.1) is 11.8 Å². The van der Waals surface area contributed by atoms with Crippen LogP contribution in [0.1, 0.15) is 58.8 Å². The lowest BCUT2D eigenvalue weighted by Crippen LogP contribution is -2.58. The summed E-state index contributed by atoms with van der Waals surface area (Å²) in [4.78, 5) is 74.0. The van der Waals surface area contributed by atoms with Crippen LogP contribution in [0.2, 0.25) is 0 Å². The number of para-hydroxylation sites is 2. The Morgan fingerprint density at radius 2 is 1.76 bits per heavy atom. The summed E-state index contributed by atoms with van der Waals surface area (Å²) < 4.78 is 34.1. The molecule has 5 atom stereocenters. The largest absolute Gasteiger partial charge is 0.471 e. The summed E-state index contributed by atoms with van der Waals surface area (Å²) >= 11 is 1.47. The van der Waals surface area contributed by atoms with Gasteiger partial charge in [0.2, 0.25) is 27.7 Å². The maximum absolute atomic E-state index is 14.4. The van der Waals surface area contributed by atoms with Crippen molar-refractivity contribution < 1.29 is 37.2 Å². The van der Waals surface area contributed by atoms with Gasteiger partial charge >= 0.3 is 6.09 Å². The van der Waals surface area contributed by atoms with Crippen LogP contribution >= 0.6 is 11.3 Å². The van der Waals surface area contributed by atoms with E-state index in [9.17, 15) is 27.6 Å². The molecular formula is C37H45N7O8S2. The Bertz CT molecular complexity index is 2030. The number of fused-ring (bicyclic) bond motifs is 1. The Hall–Kier alpha value is -4.61. The third-order valence-corrected chi connectivity index (χ3v) is 13.2. The van der Waals surface area contributed by atoms with E-state index in [2.05, 4.69) is 22.1 Å². The molecule has 1 aromatic carbocycles. The van der Waals surface area contributed by atoms with E-state index in [4.69, 9.17) is 19.5 Å². The topological polar surface area (TPSA) is 189 Å². The molecule has 15 nitrogen and oxygen atoms in total. The number of sulfonamides is 1. The molecule has 3 N–H and O–H groups in total. The van der Waals surface area contributed by atoms with E-state index in [-0.39, 0.29) is 31.2 Å². The molecule has 4 heterocycles. The number of hydrogen-bond acceptors (Lipinski definition) is 12. The van der Waals surface area contributed by atoms with E-state index in [0.29, 0.717) is 42.7 Å². The van der Waals surface area contributed by atoms with Crippen molar-refractivity contribution in [1.29, 1.82) is 0 Å². The second-order valence-corrected chi connectivity index (χ2v) is 17.7. The quantitative estimate of drug-likeness (QED) is 0.170. The van der Waals surface area contributed by atoms with Crippen LogP contribution in [0.4, 0.5) is 4.79 Å². The van der Waals surface area contributed by atoms with E-state index in [0.717, 1.165) is 24.1 Å². The Labute approximate surface area is 317 Å². The Balaban J connectivity index is 1.16. The number of nitrogens with one attached hydrogen (secondary N) is 3. The highest BCUT2D eigenvalue weighted by molar-refractivity contribution is 7.91. The van der Waals surface area contributed by atoms with E-state index in [1.807, 2.05) is 41.8 Å². The summed E-state index contributed by atoms with van der Waals surface area (Å²) in [5.41, 5.74) is 2.92. The number of amides is 4. The number of likely N-dealkylation sites (tertiary alicyclic amines) is 2. The second-order valence-electron chi connectivity index (χ2n) is 14.8. The highest BCUT2D eigenvalue weighted by Crippen LogP contribution is 2.45. The van der Waals surface area contributed by atoms with Crippen molar-refractivity contribution in [2.24, 2.45) is 11.8 Å². The molecule has 4 amide bonds. The normalized spacial score (nSPS) is 24.5. The van der Waals surface area contributed by atoms with Crippen molar-refractivity contribution >= 4 is 56.2 Å². The number of carbonyl (C=O) groups excluding carboxylic acids is 4. The van der Waals surface area contributed by atoms with Gasteiger partial charge in [0.05, 0.1) is 27.7 Å². The minimum Gasteiger partial charge on any atom is -0.471 e. The monoisotopic (exact) mass is 779 g/mol. The summed E-state index contributed by atoms with van der Waals surface area (Å²) in [5.74, 6) is -2.67. The summed E-state index contributed by atoms with van der Waals surface area (Å²) in [5, 5.41) is 4.08. The number of rotatable bonds is 13. The number of thiophene rings is 1. The molecule has 4 aliphatic rings. The van der Waals surface area contributed by atoms with Crippen molar-refractivity contribution in [3.05, 3.63) is 54.4 Å². The zero-order valence-corrected chi connectivity index (χ0v) is 31.9. The van der Waals surface area contributed by atoms with Crippen LogP contribution in [0.3, 0.4) is 0 Å². The number of carbonyl (C=O) groups is 4. The summed E-state index contributed by atoms with van der Waals surface area (Å²) in [6.07, 6.45) is 4.02. The van der Waals surface area contributed by atoms with Crippen LogP contribution in [0.15, 0.2) is 54.4 Å². The summed E-state index contributed by atoms with van der Waals surface area (Å²) in [7, 11) is -3.90. The van der Waals surface area contributed by atoms with Gasteiger partial charge in [0.1, 0.15) is 29.4 Å². The fourth-order valence-electron chi connectivity index (χ4n) is 7.10. The first-order valence-electron chi connectivity index (χ1n) is 18.4. The van der Waals surface area contributed by atoms with Gasteiger partial charge in [-0.2, -0.15) is 0 Å². The first kappa shape index (κ1) is 37.7. The molecule has 2 saturated heterocycles. The third kappa shape index (κ3) is 7.79.